The summed E-state index contributed by atoms with van der Waals surface area (Å²) in [6.07, 6.45) is -0.666. The number of carbonyl (C=O) groups is 1. The van der Waals surface area contributed by atoms with Crippen molar-refractivity contribution in [2.45, 2.75) is 44.8 Å². The van der Waals surface area contributed by atoms with Crippen LogP contribution >= 0.6 is 0 Å². The maximum absolute atomic E-state index is 13.2. The van der Waals surface area contributed by atoms with Crippen LogP contribution in [0.3, 0.4) is 0 Å². The summed E-state index contributed by atoms with van der Waals surface area (Å²) in [5.74, 6) is -0.768. The van der Waals surface area contributed by atoms with Gasteiger partial charge in [-0.05, 0) is 26.1 Å². The van der Waals surface area contributed by atoms with Crippen molar-refractivity contribution in [2.24, 2.45) is 5.92 Å². The molecule has 0 radical (unpaired) electrons. The van der Waals surface area contributed by atoms with Gasteiger partial charge in [-0.15, -0.1) is 0 Å². The first kappa shape index (κ1) is 12.6. The molecule has 3 atom stereocenters. The number of methoxy groups -OCH3 is 1. The van der Waals surface area contributed by atoms with Gasteiger partial charge in [0.25, 0.3) is 0 Å². The highest BCUT2D eigenvalue weighted by Crippen LogP contribution is 2.33. The zero-order valence-corrected chi connectivity index (χ0v) is 10.7. The van der Waals surface area contributed by atoms with E-state index in [-0.39, 0.29) is 18.5 Å². The molecule has 1 fully saturated rings. The van der Waals surface area contributed by atoms with Gasteiger partial charge in [0.1, 0.15) is 6.17 Å². The maximum atomic E-state index is 13.2. The van der Waals surface area contributed by atoms with Crippen molar-refractivity contribution in [3.63, 3.8) is 0 Å². The zero-order valence-electron chi connectivity index (χ0n) is 9.75. The average Bonchev–Trinajstić information content (AvgIpc) is 2.42. The lowest BCUT2D eigenvalue weighted by atomic mass is 10.1. The summed E-state index contributed by atoms with van der Waals surface area (Å²) < 4.78 is 23.7. The molecule has 1 saturated carbocycles. The minimum absolute atomic E-state index is 0.238. The largest absolute Gasteiger partial charge is 0.469 e. The second-order valence-electron chi connectivity index (χ2n) is 4.97. The number of rotatable bonds is 3. The second-order valence-corrected chi connectivity index (χ2v) is 9.43. The van der Waals surface area contributed by atoms with Gasteiger partial charge in [-0.3, -0.25) is 4.79 Å². The van der Waals surface area contributed by atoms with Gasteiger partial charge in [0, 0.05) is 6.42 Å². The highest BCUT2D eigenvalue weighted by Gasteiger charge is 2.42. The molecule has 0 aromatic rings. The van der Waals surface area contributed by atoms with E-state index in [4.69, 9.17) is 4.43 Å². The van der Waals surface area contributed by atoms with Crippen molar-refractivity contribution in [1.82, 2.24) is 0 Å². The molecule has 0 saturated heterocycles. The summed E-state index contributed by atoms with van der Waals surface area (Å²) in [5, 5.41) is 0. The Morgan fingerprint density at radius 1 is 1.33 bits per heavy atom. The molecule has 1 rings (SSSR count). The van der Waals surface area contributed by atoms with Gasteiger partial charge in [0.2, 0.25) is 0 Å². The highest BCUT2D eigenvalue weighted by molar-refractivity contribution is 6.69. The fraction of sp³-hybridized carbons (Fsp3) is 0.900. The van der Waals surface area contributed by atoms with Crippen LogP contribution in [0.1, 0.15) is 12.8 Å². The summed E-state index contributed by atoms with van der Waals surface area (Å²) in [5.41, 5.74) is 0. The molecule has 0 spiro atoms. The van der Waals surface area contributed by atoms with Gasteiger partial charge < -0.3 is 9.16 Å². The number of ether oxygens (including phenoxy) is 1. The summed E-state index contributed by atoms with van der Waals surface area (Å²) in [7, 11) is -0.394. The van der Waals surface area contributed by atoms with E-state index in [1.165, 1.54) is 7.11 Å². The molecule has 0 bridgehead atoms. The van der Waals surface area contributed by atoms with Crippen molar-refractivity contribution in [3.8, 4) is 0 Å². The average molecular weight is 234 g/mol. The third kappa shape index (κ3) is 3.57. The molecule has 15 heavy (non-hydrogen) atoms. The van der Waals surface area contributed by atoms with Crippen LogP contribution in [-0.2, 0) is 14.0 Å². The summed E-state index contributed by atoms with van der Waals surface area (Å²) in [6.45, 7) is 6.10. The molecule has 88 valence electrons. The van der Waals surface area contributed by atoms with Crippen molar-refractivity contribution in [2.75, 3.05) is 7.11 Å². The fourth-order valence-corrected chi connectivity index (χ4v) is 3.09. The van der Waals surface area contributed by atoms with Crippen molar-refractivity contribution in [3.05, 3.63) is 0 Å². The number of halogens is 1. The monoisotopic (exact) mass is 234 g/mol. The lowest BCUT2D eigenvalue weighted by Crippen LogP contribution is -2.36. The maximum Gasteiger partial charge on any atom is 0.311 e. The molecule has 0 heterocycles. The molecule has 0 N–H and O–H groups in total. The van der Waals surface area contributed by atoms with Gasteiger partial charge in [0.15, 0.2) is 8.32 Å². The number of hydrogen-bond acceptors (Lipinski definition) is 3. The standard InChI is InChI=1S/C10H19FO3Si/c1-13-10(12)8-5-7(11)6-9(8)14-15(2,3)4/h7-9H,5-6H2,1-4H3/t7-,8+,9+/m0/s1. The highest BCUT2D eigenvalue weighted by atomic mass is 28.4. The molecule has 0 amide bonds. The normalized spacial score (nSPS) is 31.7. The van der Waals surface area contributed by atoms with Crippen LogP contribution in [0, 0.1) is 5.92 Å². The Hall–Kier alpha value is -0.423. The van der Waals surface area contributed by atoms with Crippen LogP contribution in [0.5, 0.6) is 0 Å². The van der Waals surface area contributed by atoms with E-state index >= 15 is 0 Å². The second kappa shape index (κ2) is 4.61. The first-order valence-corrected chi connectivity index (χ1v) is 8.64. The van der Waals surface area contributed by atoms with Gasteiger partial charge in [0.05, 0.1) is 19.1 Å². The minimum atomic E-state index is -1.73. The Morgan fingerprint density at radius 3 is 2.40 bits per heavy atom. The van der Waals surface area contributed by atoms with Crippen molar-refractivity contribution >= 4 is 14.3 Å². The number of esters is 1. The van der Waals surface area contributed by atoms with E-state index in [1.54, 1.807) is 0 Å². The smallest absolute Gasteiger partial charge is 0.311 e. The third-order valence-electron chi connectivity index (χ3n) is 2.46. The molecule has 1 aliphatic carbocycles. The zero-order chi connectivity index (χ0) is 11.6. The molecular formula is C10H19FO3Si. The molecule has 3 nitrogen and oxygen atoms in total. The van der Waals surface area contributed by atoms with Crippen molar-refractivity contribution in [1.29, 1.82) is 0 Å². The van der Waals surface area contributed by atoms with Crippen molar-refractivity contribution < 1.29 is 18.3 Å². The molecule has 0 aromatic carbocycles. The lowest BCUT2D eigenvalue weighted by Gasteiger charge is -2.26. The number of carbonyl (C=O) groups excluding carboxylic acids is 1. The minimum Gasteiger partial charge on any atom is -0.469 e. The molecule has 0 aromatic heterocycles. The third-order valence-corrected chi connectivity index (χ3v) is 3.47. The van der Waals surface area contributed by atoms with Gasteiger partial charge in [-0.25, -0.2) is 4.39 Å². The molecule has 1 aliphatic rings. The number of hydrogen-bond donors (Lipinski definition) is 0. The first-order valence-electron chi connectivity index (χ1n) is 5.23. The van der Waals surface area contributed by atoms with E-state index < -0.39 is 20.4 Å². The predicted molar refractivity (Wildman–Crippen MR) is 57.9 cm³/mol. The summed E-state index contributed by atoms with van der Waals surface area (Å²) in [6, 6.07) is 0. The van der Waals surface area contributed by atoms with E-state index in [0.717, 1.165) is 0 Å². The summed E-state index contributed by atoms with van der Waals surface area (Å²) >= 11 is 0. The van der Waals surface area contributed by atoms with Crippen LogP contribution in [-0.4, -0.2) is 33.7 Å². The Labute approximate surface area is 91.1 Å². The van der Waals surface area contributed by atoms with Crippen LogP contribution in [0.15, 0.2) is 0 Å². The quantitative estimate of drug-likeness (QED) is 0.554. The SMILES string of the molecule is COC(=O)[C@@H]1C[C@H](F)C[C@H]1O[Si](C)(C)C. The van der Waals surface area contributed by atoms with Gasteiger partial charge in [-0.1, -0.05) is 0 Å². The Kier molecular flexibility index (Phi) is 3.89. The number of alkyl halides is 1. The topological polar surface area (TPSA) is 35.5 Å². The van der Waals surface area contributed by atoms with Crippen LogP contribution in [0.4, 0.5) is 4.39 Å². The van der Waals surface area contributed by atoms with Crippen LogP contribution in [0.2, 0.25) is 19.6 Å². The predicted octanol–water partition coefficient (Wildman–Crippen LogP) is 2.13. The first-order chi connectivity index (χ1) is 6.83. The van der Waals surface area contributed by atoms with Gasteiger partial charge >= 0.3 is 5.97 Å². The molecular weight excluding hydrogens is 215 g/mol. The van der Waals surface area contributed by atoms with Crippen LogP contribution < -0.4 is 0 Å². The fourth-order valence-electron chi connectivity index (χ4n) is 1.92. The Morgan fingerprint density at radius 2 is 1.93 bits per heavy atom. The van der Waals surface area contributed by atoms with E-state index in [2.05, 4.69) is 4.74 Å². The lowest BCUT2D eigenvalue weighted by molar-refractivity contribution is -0.147. The van der Waals surface area contributed by atoms with Crippen LogP contribution in [0.25, 0.3) is 0 Å². The molecule has 5 heteroatoms. The Balaban J connectivity index is 2.65. The molecule has 0 unspecified atom stereocenters. The van der Waals surface area contributed by atoms with E-state index in [9.17, 15) is 9.18 Å². The van der Waals surface area contributed by atoms with Gasteiger partial charge in [-0.2, -0.15) is 0 Å². The summed E-state index contributed by atoms with van der Waals surface area (Å²) in [4.78, 5) is 11.4. The van der Waals surface area contributed by atoms with E-state index in [1.807, 2.05) is 19.6 Å². The molecule has 0 aliphatic heterocycles. The van der Waals surface area contributed by atoms with E-state index in [0.29, 0.717) is 6.42 Å². The Bertz CT molecular complexity index is 239.